The van der Waals surface area contributed by atoms with Gasteiger partial charge in [0.15, 0.2) is 0 Å². The second kappa shape index (κ2) is 3.64. The van der Waals surface area contributed by atoms with Gasteiger partial charge in [0.1, 0.15) is 0 Å². The summed E-state index contributed by atoms with van der Waals surface area (Å²) < 4.78 is 0. The third kappa shape index (κ3) is 2.07. The first-order valence-electron chi connectivity index (χ1n) is 5.86. The molecule has 82 valence electrons. The average molecular weight is 203 g/mol. The lowest BCUT2D eigenvalue weighted by Gasteiger charge is -2.28. The van der Waals surface area contributed by atoms with Gasteiger partial charge in [0.05, 0.1) is 0 Å². The number of benzene rings is 1. The Morgan fingerprint density at radius 3 is 2.40 bits per heavy atom. The van der Waals surface area contributed by atoms with Crippen LogP contribution in [0.2, 0.25) is 0 Å². The van der Waals surface area contributed by atoms with Crippen LogP contribution in [0.3, 0.4) is 0 Å². The fraction of sp³-hybridized carbons (Fsp3) is 0.571. The van der Waals surface area contributed by atoms with Crippen LogP contribution in [0.1, 0.15) is 57.2 Å². The molecule has 0 aliphatic carbocycles. The Kier molecular flexibility index (Phi) is 2.59. The molecule has 0 saturated heterocycles. The van der Waals surface area contributed by atoms with Crippen LogP contribution in [0.15, 0.2) is 24.3 Å². The SMILES string of the molecule is C[C@H]1CC(C)(C)N[C@H](C)c2ccccc21. The molecule has 1 nitrogen and oxygen atoms in total. The molecule has 0 radical (unpaired) electrons. The van der Waals surface area contributed by atoms with Crippen molar-refractivity contribution in [3.05, 3.63) is 35.4 Å². The van der Waals surface area contributed by atoms with Gasteiger partial charge in [0, 0.05) is 11.6 Å². The van der Waals surface area contributed by atoms with E-state index in [1.54, 1.807) is 0 Å². The summed E-state index contributed by atoms with van der Waals surface area (Å²) in [6, 6.07) is 9.29. The van der Waals surface area contributed by atoms with Crippen molar-refractivity contribution in [2.24, 2.45) is 0 Å². The van der Waals surface area contributed by atoms with Gasteiger partial charge in [-0.15, -0.1) is 0 Å². The van der Waals surface area contributed by atoms with Crippen LogP contribution in [0.4, 0.5) is 0 Å². The molecule has 0 unspecified atom stereocenters. The molecule has 1 aliphatic rings. The maximum Gasteiger partial charge on any atom is 0.0299 e. The molecule has 0 amide bonds. The summed E-state index contributed by atoms with van der Waals surface area (Å²) in [4.78, 5) is 0. The van der Waals surface area contributed by atoms with Gasteiger partial charge in [-0.05, 0) is 44.2 Å². The van der Waals surface area contributed by atoms with E-state index in [1.807, 2.05) is 0 Å². The van der Waals surface area contributed by atoms with Crippen molar-refractivity contribution < 1.29 is 0 Å². The van der Waals surface area contributed by atoms with Crippen molar-refractivity contribution in [2.75, 3.05) is 0 Å². The zero-order chi connectivity index (χ0) is 11.1. The maximum absolute atomic E-state index is 3.70. The largest absolute Gasteiger partial charge is 0.305 e. The number of hydrogen-bond donors (Lipinski definition) is 1. The van der Waals surface area contributed by atoms with E-state index in [0.717, 1.165) is 0 Å². The number of nitrogens with one attached hydrogen (secondary N) is 1. The molecule has 1 aliphatic heterocycles. The molecule has 1 heteroatoms. The zero-order valence-corrected chi connectivity index (χ0v) is 10.2. The third-order valence-electron chi connectivity index (χ3n) is 3.42. The van der Waals surface area contributed by atoms with E-state index in [-0.39, 0.29) is 5.54 Å². The minimum atomic E-state index is 0.234. The van der Waals surface area contributed by atoms with Crippen LogP contribution in [-0.4, -0.2) is 5.54 Å². The summed E-state index contributed by atoms with van der Waals surface area (Å²) in [5.41, 5.74) is 3.22. The van der Waals surface area contributed by atoms with Crippen molar-refractivity contribution >= 4 is 0 Å². The summed E-state index contributed by atoms with van der Waals surface area (Å²) >= 11 is 0. The van der Waals surface area contributed by atoms with Gasteiger partial charge in [-0.3, -0.25) is 0 Å². The second-order valence-electron chi connectivity index (χ2n) is 5.48. The Balaban J connectivity index is 2.45. The topological polar surface area (TPSA) is 12.0 Å². The third-order valence-corrected chi connectivity index (χ3v) is 3.42. The smallest absolute Gasteiger partial charge is 0.0299 e. The van der Waals surface area contributed by atoms with E-state index in [2.05, 4.69) is 57.3 Å². The van der Waals surface area contributed by atoms with Crippen molar-refractivity contribution in [1.82, 2.24) is 5.32 Å². The predicted molar refractivity (Wildman–Crippen MR) is 65.1 cm³/mol. The molecular weight excluding hydrogens is 182 g/mol. The molecule has 1 aromatic carbocycles. The Morgan fingerprint density at radius 1 is 1.13 bits per heavy atom. The van der Waals surface area contributed by atoms with Gasteiger partial charge in [-0.2, -0.15) is 0 Å². The molecule has 0 fully saturated rings. The van der Waals surface area contributed by atoms with E-state index in [9.17, 15) is 0 Å². The number of fused-ring (bicyclic) bond motifs is 1. The van der Waals surface area contributed by atoms with Crippen LogP contribution >= 0.6 is 0 Å². The Hall–Kier alpha value is -0.820. The van der Waals surface area contributed by atoms with Crippen molar-refractivity contribution in [2.45, 2.75) is 51.6 Å². The highest BCUT2D eigenvalue weighted by atomic mass is 15.0. The van der Waals surface area contributed by atoms with Crippen molar-refractivity contribution in [3.8, 4) is 0 Å². The molecule has 1 heterocycles. The van der Waals surface area contributed by atoms with Gasteiger partial charge < -0.3 is 5.32 Å². The first-order valence-corrected chi connectivity index (χ1v) is 5.86. The monoisotopic (exact) mass is 203 g/mol. The molecular formula is C14H21N. The molecule has 2 atom stereocenters. The number of rotatable bonds is 0. The predicted octanol–water partition coefficient (Wildman–Crippen LogP) is 3.62. The van der Waals surface area contributed by atoms with Crippen LogP contribution < -0.4 is 5.32 Å². The van der Waals surface area contributed by atoms with E-state index in [1.165, 1.54) is 17.5 Å². The lowest BCUT2D eigenvalue weighted by molar-refractivity contribution is 0.325. The van der Waals surface area contributed by atoms with Gasteiger partial charge in [-0.1, -0.05) is 31.2 Å². The Morgan fingerprint density at radius 2 is 1.73 bits per heavy atom. The summed E-state index contributed by atoms with van der Waals surface area (Å²) in [5, 5.41) is 3.70. The van der Waals surface area contributed by atoms with E-state index >= 15 is 0 Å². The van der Waals surface area contributed by atoms with E-state index in [4.69, 9.17) is 0 Å². The van der Waals surface area contributed by atoms with E-state index in [0.29, 0.717) is 12.0 Å². The normalized spacial score (nSPS) is 29.3. The highest BCUT2D eigenvalue weighted by molar-refractivity contribution is 5.34. The fourth-order valence-electron chi connectivity index (χ4n) is 2.95. The van der Waals surface area contributed by atoms with Crippen molar-refractivity contribution in [1.29, 1.82) is 0 Å². The first-order chi connectivity index (χ1) is 6.99. The lowest BCUT2D eigenvalue weighted by atomic mass is 9.87. The van der Waals surface area contributed by atoms with Crippen LogP contribution in [0, 0.1) is 0 Å². The summed E-state index contributed by atoms with van der Waals surface area (Å²) in [6.07, 6.45) is 1.20. The zero-order valence-electron chi connectivity index (χ0n) is 10.2. The Labute approximate surface area is 92.9 Å². The van der Waals surface area contributed by atoms with Gasteiger partial charge in [-0.25, -0.2) is 0 Å². The minimum Gasteiger partial charge on any atom is -0.305 e. The summed E-state index contributed by atoms with van der Waals surface area (Å²) in [7, 11) is 0. The van der Waals surface area contributed by atoms with Gasteiger partial charge >= 0.3 is 0 Å². The Bertz CT molecular complexity index is 321. The highest BCUT2D eigenvalue weighted by Crippen LogP contribution is 2.35. The standard InChI is InChI=1S/C14H21N/c1-10-9-14(3,4)15-11(2)13-8-6-5-7-12(10)13/h5-8,10-11,15H,9H2,1-4H3/t10-,11+/m0/s1. The van der Waals surface area contributed by atoms with Crippen molar-refractivity contribution in [3.63, 3.8) is 0 Å². The van der Waals surface area contributed by atoms with Gasteiger partial charge in [0.25, 0.3) is 0 Å². The molecule has 0 bridgehead atoms. The highest BCUT2D eigenvalue weighted by Gasteiger charge is 2.29. The van der Waals surface area contributed by atoms with E-state index < -0.39 is 0 Å². The number of hydrogen-bond acceptors (Lipinski definition) is 1. The molecule has 15 heavy (non-hydrogen) atoms. The van der Waals surface area contributed by atoms with Gasteiger partial charge in [0.2, 0.25) is 0 Å². The molecule has 0 aromatic heterocycles. The summed E-state index contributed by atoms with van der Waals surface area (Å²) in [6.45, 7) is 9.19. The molecule has 1 aromatic rings. The second-order valence-corrected chi connectivity index (χ2v) is 5.48. The average Bonchev–Trinajstić information content (AvgIpc) is 2.23. The molecule has 0 saturated carbocycles. The fourth-order valence-corrected chi connectivity index (χ4v) is 2.95. The summed E-state index contributed by atoms with van der Waals surface area (Å²) in [5.74, 6) is 0.647. The van der Waals surface area contributed by atoms with Crippen LogP contribution in [0.25, 0.3) is 0 Å². The first kappa shape index (κ1) is 10.7. The van der Waals surface area contributed by atoms with Crippen LogP contribution in [-0.2, 0) is 0 Å². The van der Waals surface area contributed by atoms with Crippen LogP contribution in [0.5, 0.6) is 0 Å². The minimum absolute atomic E-state index is 0.234. The maximum atomic E-state index is 3.70. The quantitative estimate of drug-likeness (QED) is 0.679. The molecule has 2 rings (SSSR count). The molecule has 1 N–H and O–H groups in total. The molecule has 0 spiro atoms. The lowest BCUT2D eigenvalue weighted by Crippen LogP contribution is -2.39.